The smallest absolute Gasteiger partial charge is 0.241 e. The number of nitrogens with zero attached hydrogens (tertiary/aromatic N) is 7. The average Bonchev–Trinajstić information content (AvgIpc) is 2.91. The Morgan fingerprint density at radius 1 is 1.29 bits per heavy atom. The Morgan fingerprint density at radius 2 is 2.05 bits per heavy atom. The molecule has 8 nitrogen and oxygen atoms in total. The molecule has 2 aromatic rings. The Morgan fingerprint density at radius 3 is 2.62 bits per heavy atom. The number of aromatic nitrogens is 5. The van der Waals surface area contributed by atoms with E-state index < -0.39 is 0 Å². The summed E-state index contributed by atoms with van der Waals surface area (Å²) in [4.78, 5) is 21.2. The molecular formula is C13H22N8. The normalized spacial score (nSPS) is 12.6. The van der Waals surface area contributed by atoms with Gasteiger partial charge >= 0.3 is 0 Å². The van der Waals surface area contributed by atoms with Crippen LogP contribution in [0.4, 0.5) is 11.9 Å². The van der Waals surface area contributed by atoms with Gasteiger partial charge in [0.25, 0.3) is 0 Å². The van der Waals surface area contributed by atoms with Crippen molar-refractivity contribution in [2.75, 3.05) is 37.8 Å². The lowest BCUT2D eigenvalue weighted by atomic mass is 10.3. The molecule has 2 N–H and O–H groups in total. The van der Waals surface area contributed by atoms with Crippen LogP contribution in [0.2, 0.25) is 0 Å². The Hall–Kier alpha value is -2.22. The standard InChI is InChI=1S/C13H22N8/c1-5-21(10(2)8-19(3)4)13-17-11(14)16-12(18-13)20-7-6-15-9-20/h6-7,9-10H,5,8H2,1-4H3,(H2,14,16,17,18). The van der Waals surface area contributed by atoms with Crippen LogP contribution in [0.3, 0.4) is 0 Å². The topological polar surface area (TPSA) is 89.0 Å². The van der Waals surface area contributed by atoms with E-state index in [1.807, 2.05) is 14.1 Å². The first-order valence-electron chi connectivity index (χ1n) is 6.92. The lowest BCUT2D eigenvalue weighted by Crippen LogP contribution is -2.41. The van der Waals surface area contributed by atoms with Crippen molar-refractivity contribution in [3.8, 4) is 5.95 Å². The van der Waals surface area contributed by atoms with Crippen molar-refractivity contribution < 1.29 is 0 Å². The molecule has 0 amide bonds. The minimum atomic E-state index is 0.208. The number of rotatable bonds is 6. The van der Waals surface area contributed by atoms with E-state index in [0.717, 1.165) is 13.1 Å². The highest BCUT2D eigenvalue weighted by molar-refractivity contribution is 5.38. The van der Waals surface area contributed by atoms with Crippen LogP contribution in [-0.2, 0) is 0 Å². The van der Waals surface area contributed by atoms with Crippen LogP contribution in [0.25, 0.3) is 5.95 Å². The molecule has 0 spiro atoms. The number of likely N-dealkylation sites (N-methyl/N-ethyl adjacent to an activating group) is 2. The van der Waals surface area contributed by atoms with E-state index in [4.69, 9.17) is 5.73 Å². The van der Waals surface area contributed by atoms with E-state index in [0.29, 0.717) is 11.9 Å². The number of imidazole rings is 1. The molecule has 2 heterocycles. The first-order chi connectivity index (χ1) is 10.0. The second-order valence-electron chi connectivity index (χ2n) is 5.16. The highest BCUT2D eigenvalue weighted by Gasteiger charge is 2.18. The van der Waals surface area contributed by atoms with Crippen molar-refractivity contribution in [2.24, 2.45) is 0 Å². The van der Waals surface area contributed by atoms with E-state index in [-0.39, 0.29) is 12.0 Å². The predicted octanol–water partition coefficient (Wildman–Crippen LogP) is 0.416. The third-order valence-electron chi connectivity index (χ3n) is 3.12. The van der Waals surface area contributed by atoms with E-state index >= 15 is 0 Å². The van der Waals surface area contributed by atoms with Gasteiger partial charge in [0.1, 0.15) is 6.33 Å². The van der Waals surface area contributed by atoms with Crippen molar-refractivity contribution in [1.82, 2.24) is 29.4 Å². The molecule has 2 rings (SSSR count). The molecule has 0 aliphatic carbocycles. The second-order valence-corrected chi connectivity index (χ2v) is 5.16. The molecule has 1 unspecified atom stereocenters. The zero-order valence-corrected chi connectivity index (χ0v) is 12.9. The molecule has 0 fully saturated rings. The maximum absolute atomic E-state index is 5.83. The van der Waals surface area contributed by atoms with Crippen LogP contribution < -0.4 is 10.6 Å². The third-order valence-corrected chi connectivity index (χ3v) is 3.12. The summed E-state index contributed by atoms with van der Waals surface area (Å²) in [6.45, 7) is 5.91. The summed E-state index contributed by atoms with van der Waals surface area (Å²) in [5, 5.41) is 0. The van der Waals surface area contributed by atoms with Gasteiger partial charge in [-0.15, -0.1) is 0 Å². The molecule has 1 atom stereocenters. The fraction of sp³-hybridized carbons (Fsp3) is 0.538. The van der Waals surface area contributed by atoms with Gasteiger partial charge in [-0.3, -0.25) is 4.57 Å². The quantitative estimate of drug-likeness (QED) is 0.824. The van der Waals surface area contributed by atoms with E-state index in [1.165, 1.54) is 0 Å². The van der Waals surface area contributed by atoms with Crippen LogP contribution in [0.15, 0.2) is 18.7 Å². The minimum absolute atomic E-state index is 0.208. The van der Waals surface area contributed by atoms with Crippen LogP contribution in [-0.4, -0.2) is 62.6 Å². The first kappa shape index (κ1) is 15.2. The summed E-state index contributed by atoms with van der Waals surface area (Å²) in [5.41, 5.74) is 5.83. The fourth-order valence-electron chi connectivity index (χ4n) is 2.27. The maximum atomic E-state index is 5.83. The summed E-state index contributed by atoms with van der Waals surface area (Å²) < 4.78 is 1.71. The highest BCUT2D eigenvalue weighted by atomic mass is 15.3. The van der Waals surface area contributed by atoms with Gasteiger partial charge in [-0.1, -0.05) is 0 Å². The Kier molecular flexibility index (Phi) is 4.69. The number of hydrogen-bond acceptors (Lipinski definition) is 7. The van der Waals surface area contributed by atoms with Crippen molar-refractivity contribution in [2.45, 2.75) is 19.9 Å². The summed E-state index contributed by atoms with van der Waals surface area (Å²) in [6, 6.07) is 0.266. The maximum Gasteiger partial charge on any atom is 0.241 e. The SMILES string of the molecule is CCN(c1nc(N)nc(-n2ccnc2)n1)C(C)CN(C)C. The number of nitrogen functional groups attached to an aromatic ring is 1. The molecule has 21 heavy (non-hydrogen) atoms. The van der Waals surface area contributed by atoms with Gasteiger partial charge in [0.15, 0.2) is 0 Å². The van der Waals surface area contributed by atoms with Crippen LogP contribution in [0.5, 0.6) is 0 Å². The molecule has 0 bridgehead atoms. The van der Waals surface area contributed by atoms with E-state index in [9.17, 15) is 0 Å². The zero-order chi connectivity index (χ0) is 15.4. The lowest BCUT2D eigenvalue weighted by Gasteiger charge is -2.30. The monoisotopic (exact) mass is 290 g/mol. The van der Waals surface area contributed by atoms with Crippen molar-refractivity contribution in [3.05, 3.63) is 18.7 Å². The van der Waals surface area contributed by atoms with Gasteiger partial charge in [-0.05, 0) is 27.9 Å². The summed E-state index contributed by atoms with van der Waals surface area (Å²) in [5.74, 6) is 1.27. The van der Waals surface area contributed by atoms with Crippen molar-refractivity contribution in [3.63, 3.8) is 0 Å². The molecule has 0 aromatic carbocycles. The third kappa shape index (κ3) is 3.66. The van der Waals surface area contributed by atoms with Gasteiger partial charge in [-0.2, -0.15) is 15.0 Å². The molecule has 0 saturated heterocycles. The van der Waals surface area contributed by atoms with Gasteiger partial charge in [-0.25, -0.2) is 4.98 Å². The molecule has 0 aliphatic heterocycles. The molecule has 2 aromatic heterocycles. The van der Waals surface area contributed by atoms with Gasteiger partial charge < -0.3 is 15.5 Å². The Bertz CT molecular complexity index is 566. The number of nitrogens with two attached hydrogens (primary N) is 1. The van der Waals surface area contributed by atoms with E-state index in [1.54, 1.807) is 23.3 Å². The second kappa shape index (κ2) is 6.49. The number of anilines is 2. The summed E-state index contributed by atoms with van der Waals surface area (Å²) >= 11 is 0. The molecule has 0 saturated carbocycles. The molecule has 8 heteroatoms. The van der Waals surface area contributed by atoms with Crippen LogP contribution in [0.1, 0.15) is 13.8 Å². The van der Waals surface area contributed by atoms with Gasteiger partial charge in [0, 0.05) is 31.5 Å². The Balaban J connectivity index is 2.33. The lowest BCUT2D eigenvalue weighted by molar-refractivity contribution is 0.371. The van der Waals surface area contributed by atoms with E-state index in [2.05, 4.69) is 43.6 Å². The minimum Gasteiger partial charge on any atom is -0.368 e. The molecule has 0 aliphatic rings. The van der Waals surface area contributed by atoms with Crippen LogP contribution in [0, 0.1) is 0 Å². The molecular weight excluding hydrogens is 268 g/mol. The Labute approximate surface area is 124 Å². The largest absolute Gasteiger partial charge is 0.368 e. The molecule has 0 radical (unpaired) electrons. The van der Waals surface area contributed by atoms with Crippen molar-refractivity contribution in [1.29, 1.82) is 0 Å². The average molecular weight is 290 g/mol. The fourth-order valence-corrected chi connectivity index (χ4v) is 2.27. The van der Waals surface area contributed by atoms with Gasteiger partial charge in [0.2, 0.25) is 17.8 Å². The first-order valence-corrected chi connectivity index (χ1v) is 6.92. The molecule has 114 valence electrons. The highest BCUT2D eigenvalue weighted by Crippen LogP contribution is 2.14. The summed E-state index contributed by atoms with van der Waals surface area (Å²) in [6.07, 6.45) is 5.09. The van der Waals surface area contributed by atoms with Crippen LogP contribution >= 0.6 is 0 Å². The number of hydrogen-bond donors (Lipinski definition) is 1. The van der Waals surface area contributed by atoms with Gasteiger partial charge in [0.05, 0.1) is 0 Å². The summed E-state index contributed by atoms with van der Waals surface area (Å²) in [7, 11) is 4.09. The predicted molar refractivity (Wildman–Crippen MR) is 82.4 cm³/mol. The zero-order valence-electron chi connectivity index (χ0n) is 12.9. The van der Waals surface area contributed by atoms with Crippen molar-refractivity contribution >= 4 is 11.9 Å².